The summed E-state index contributed by atoms with van der Waals surface area (Å²) < 4.78 is 1.48. The van der Waals surface area contributed by atoms with Crippen molar-refractivity contribution in [3.05, 3.63) is 47.2 Å². The molecule has 1 aromatic heterocycles. The van der Waals surface area contributed by atoms with Crippen LogP contribution >= 0.6 is 23.5 Å². The molecule has 0 aliphatic carbocycles. The summed E-state index contributed by atoms with van der Waals surface area (Å²) in [6.07, 6.45) is -1.42. The van der Waals surface area contributed by atoms with Gasteiger partial charge >= 0.3 is 5.97 Å². The average Bonchev–Trinajstić information content (AvgIpc) is 3.19. The van der Waals surface area contributed by atoms with E-state index in [2.05, 4.69) is 20.8 Å². The van der Waals surface area contributed by atoms with E-state index in [1.807, 2.05) is 0 Å². The fourth-order valence-electron chi connectivity index (χ4n) is 3.31. The predicted molar refractivity (Wildman–Crippen MR) is 111 cm³/mol. The predicted octanol–water partition coefficient (Wildman–Crippen LogP) is -0.226. The fraction of sp³-hybridized carbons (Fsp3) is 0.333. The molecule has 13 heteroatoms. The number of aryl methyl sites for hydroxylation is 1. The maximum absolute atomic E-state index is 12.7. The van der Waals surface area contributed by atoms with Crippen LogP contribution in [0, 0.1) is 0 Å². The Kier molecular flexibility index (Phi) is 5.98. The summed E-state index contributed by atoms with van der Waals surface area (Å²) in [5.74, 6) is -1.75. The van der Waals surface area contributed by atoms with E-state index < -0.39 is 35.3 Å². The highest BCUT2D eigenvalue weighted by Crippen LogP contribution is 2.41. The van der Waals surface area contributed by atoms with Crippen molar-refractivity contribution >= 4 is 41.3 Å². The van der Waals surface area contributed by atoms with Crippen LogP contribution in [-0.2, 0) is 21.4 Å². The maximum Gasteiger partial charge on any atom is 0.352 e. The number of nitrogens with zero attached hydrogens (tertiary/aromatic N) is 5. The number of β-lactam (4-membered cyclic amide) rings is 1. The first-order valence-electron chi connectivity index (χ1n) is 9.17. The van der Waals surface area contributed by atoms with Crippen molar-refractivity contribution in [1.29, 1.82) is 0 Å². The number of amides is 2. The Labute approximate surface area is 184 Å². The highest BCUT2D eigenvalue weighted by molar-refractivity contribution is 8.01. The largest absolute Gasteiger partial charge is 0.477 e. The van der Waals surface area contributed by atoms with Gasteiger partial charge in [-0.25, -0.2) is 9.48 Å². The van der Waals surface area contributed by atoms with E-state index in [1.54, 1.807) is 37.4 Å². The quantitative estimate of drug-likeness (QED) is 0.372. The molecule has 0 bridgehead atoms. The molecule has 1 fully saturated rings. The second-order valence-electron chi connectivity index (χ2n) is 6.84. The lowest BCUT2D eigenvalue weighted by Gasteiger charge is -2.49. The van der Waals surface area contributed by atoms with Gasteiger partial charge in [0.05, 0.1) is 0 Å². The number of carbonyl (C=O) groups is 3. The van der Waals surface area contributed by atoms with E-state index in [-0.39, 0.29) is 5.70 Å². The van der Waals surface area contributed by atoms with E-state index in [0.29, 0.717) is 27.8 Å². The first kappa shape index (κ1) is 21.3. The number of hydrogen-bond donors (Lipinski definition) is 3. The smallest absolute Gasteiger partial charge is 0.352 e. The van der Waals surface area contributed by atoms with E-state index in [4.69, 9.17) is 0 Å². The number of carboxylic acid groups (broad SMARTS) is 1. The van der Waals surface area contributed by atoms with E-state index >= 15 is 0 Å². The summed E-state index contributed by atoms with van der Waals surface area (Å²) >= 11 is 2.64. The normalized spacial score (nSPS) is 21.4. The van der Waals surface area contributed by atoms with Crippen molar-refractivity contribution in [3.63, 3.8) is 0 Å². The molecule has 0 spiro atoms. The molecule has 2 aliphatic heterocycles. The first-order chi connectivity index (χ1) is 14.9. The Morgan fingerprint density at radius 2 is 2.10 bits per heavy atom. The number of hydrogen-bond acceptors (Lipinski definition) is 9. The lowest BCUT2D eigenvalue weighted by atomic mass is 10.0. The first-order valence-corrected chi connectivity index (χ1v) is 11.2. The van der Waals surface area contributed by atoms with Crippen molar-refractivity contribution in [2.24, 2.45) is 7.05 Å². The number of fused-ring (bicyclic) bond motifs is 1. The maximum atomic E-state index is 12.7. The molecule has 0 unspecified atom stereocenters. The van der Waals surface area contributed by atoms with Gasteiger partial charge < -0.3 is 15.5 Å². The van der Waals surface area contributed by atoms with E-state index in [9.17, 15) is 24.6 Å². The van der Waals surface area contributed by atoms with Crippen molar-refractivity contribution in [2.45, 2.75) is 22.7 Å². The molecular weight excluding hydrogens is 444 g/mol. The van der Waals surface area contributed by atoms with Crippen LogP contribution in [-0.4, -0.2) is 76.0 Å². The minimum absolute atomic E-state index is 0.0783. The molecule has 11 nitrogen and oxygen atoms in total. The van der Waals surface area contributed by atoms with Crippen LogP contribution in [0.25, 0.3) is 0 Å². The van der Waals surface area contributed by atoms with Gasteiger partial charge in [0.25, 0.3) is 11.8 Å². The number of nitrogens with one attached hydrogen (secondary N) is 1. The summed E-state index contributed by atoms with van der Waals surface area (Å²) in [5.41, 5.74) is 0.901. The number of carbonyl (C=O) groups excluding carboxylic acids is 2. The number of thioether (sulfide) groups is 2. The monoisotopic (exact) mass is 462 g/mol. The van der Waals surface area contributed by atoms with Crippen LogP contribution in [0.1, 0.15) is 11.7 Å². The Morgan fingerprint density at radius 3 is 2.74 bits per heavy atom. The Bertz CT molecular complexity index is 1060. The van der Waals surface area contributed by atoms with E-state index in [1.165, 1.54) is 33.1 Å². The van der Waals surface area contributed by atoms with Crippen LogP contribution in [0.15, 0.2) is 46.8 Å². The Hall–Kier alpha value is -2.90. The van der Waals surface area contributed by atoms with Gasteiger partial charge in [0, 0.05) is 18.6 Å². The molecule has 0 saturated carbocycles. The van der Waals surface area contributed by atoms with Crippen molar-refractivity contribution in [1.82, 2.24) is 30.4 Å². The number of aliphatic hydroxyl groups excluding tert-OH is 1. The molecule has 3 N–H and O–H groups in total. The molecule has 2 aliphatic rings. The van der Waals surface area contributed by atoms with E-state index in [0.717, 1.165) is 0 Å². The molecule has 3 heterocycles. The molecule has 2 aromatic rings. The van der Waals surface area contributed by atoms with Gasteiger partial charge in [0.1, 0.15) is 17.1 Å². The second-order valence-corrected chi connectivity index (χ2v) is 8.89. The summed E-state index contributed by atoms with van der Waals surface area (Å²) in [7, 11) is 1.68. The number of carboxylic acids is 1. The van der Waals surface area contributed by atoms with Gasteiger partial charge in [-0.05, 0) is 21.6 Å². The molecule has 0 radical (unpaired) electrons. The van der Waals surface area contributed by atoms with Crippen molar-refractivity contribution in [2.75, 3.05) is 11.5 Å². The third-order valence-corrected chi connectivity index (χ3v) is 7.30. The summed E-state index contributed by atoms with van der Waals surface area (Å²) in [4.78, 5) is 38.2. The van der Waals surface area contributed by atoms with Crippen LogP contribution in [0.3, 0.4) is 0 Å². The summed E-state index contributed by atoms with van der Waals surface area (Å²) in [6, 6.07) is 7.46. The topological polar surface area (TPSA) is 151 Å². The molecule has 3 atom stereocenters. The lowest BCUT2D eigenvalue weighted by molar-refractivity contribution is -0.151. The van der Waals surface area contributed by atoms with Gasteiger partial charge in [-0.3, -0.25) is 14.5 Å². The van der Waals surface area contributed by atoms with Crippen LogP contribution in [0.5, 0.6) is 0 Å². The number of aliphatic hydroxyl groups is 1. The second kappa shape index (κ2) is 8.69. The molecular formula is C18H18N6O5S2. The number of aliphatic carboxylic acids is 1. The number of rotatable bonds is 7. The molecule has 1 aromatic carbocycles. The minimum atomic E-state index is -1.42. The molecule has 1 saturated heterocycles. The fourth-order valence-corrected chi connectivity index (χ4v) is 5.64. The van der Waals surface area contributed by atoms with Gasteiger partial charge in [0.15, 0.2) is 6.10 Å². The average molecular weight is 463 g/mol. The van der Waals surface area contributed by atoms with Gasteiger partial charge in [-0.1, -0.05) is 42.1 Å². The van der Waals surface area contributed by atoms with Gasteiger partial charge in [-0.2, -0.15) is 0 Å². The van der Waals surface area contributed by atoms with Crippen molar-refractivity contribution in [3.8, 4) is 0 Å². The highest BCUT2D eigenvalue weighted by Gasteiger charge is 2.54. The van der Waals surface area contributed by atoms with Gasteiger partial charge in [-0.15, -0.1) is 16.9 Å². The molecule has 2 amide bonds. The summed E-state index contributed by atoms with van der Waals surface area (Å²) in [5, 5.41) is 33.6. The third-order valence-electron chi connectivity index (χ3n) is 4.87. The molecule has 31 heavy (non-hydrogen) atoms. The van der Waals surface area contributed by atoms with Crippen LogP contribution in [0.2, 0.25) is 0 Å². The summed E-state index contributed by atoms with van der Waals surface area (Å²) in [6.45, 7) is 0. The zero-order chi connectivity index (χ0) is 22.1. The lowest BCUT2D eigenvalue weighted by Crippen LogP contribution is -2.70. The zero-order valence-electron chi connectivity index (χ0n) is 16.2. The standard InChI is InChI=1S/C18H18N6O5S2/c1-23-18(20-21-22-23)31-8-10-7-30-16-11(15(27)24(16)12(10)17(28)29)19-14(26)13(25)9-5-3-2-4-6-9/h2-6,11,13,16,25H,7-8H2,1H3,(H,19,26)(H,28,29)/t11-,13+,16+/m1/s1. The highest BCUT2D eigenvalue weighted by atomic mass is 32.2. The molecule has 4 rings (SSSR count). The number of aromatic nitrogens is 4. The Balaban J connectivity index is 1.46. The van der Waals surface area contributed by atoms with Gasteiger partial charge in [0.2, 0.25) is 5.16 Å². The third kappa shape index (κ3) is 4.03. The minimum Gasteiger partial charge on any atom is -0.477 e. The van der Waals surface area contributed by atoms with Crippen LogP contribution in [0.4, 0.5) is 0 Å². The zero-order valence-corrected chi connectivity index (χ0v) is 17.8. The van der Waals surface area contributed by atoms with Crippen molar-refractivity contribution < 1.29 is 24.6 Å². The Morgan fingerprint density at radius 1 is 1.35 bits per heavy atom. The molecule has 162 valence electrons. The number of benzene rings is 1. The number of tetrazole rings is 1. The van der Waals surface area contributed by atoms with Crippen LogP contribution < -0.4 is 5.32 Å². The SMILES string of the molecule is Cn1nnnc1SCC1=C(C(=O)O)N2C(=O)[C@@H](NC(=O)[C@@H](O)c3ccccc3)[C@@H]2SC1.